The van der Waals surface area contributed by atoms with Gasteiger partial charge in [0, 0.05) is 23.2 Å². The maximum absolute atomic E-state index is 13.2. The number of allylic oxidation sites excluding steroid dienone is 2. The SMILES string of the molecule is FC(F)OC1=CC(C(F)(F)F)=CN2C[C@@]3(CCOc4cc(Cl)ccc43)N=C12. The van der Waals surface area contributed by atoms with Crippen LogP contribution in [0.25, 0.3) is 0 Å². The molecule has 10 heteroatoms. The van der Waals surface area contributed by atoms with Crippen LogP contribution in [0.2, 0.25) is 5.02 Å². The van der Waals surface area contributed by atoms with E-state index in [1.807, 2.05) is 0 Å². The Bertz CT molecular complexity index is 881. The van der Waals surface area contributed by atoms with E-state index in [0.29, 0.717) is 28.8 Å². The highest BCUT2D eigenvalue weighted by molar-refractivity contribution is 6.30. The molecule has 1 aromatic rings. The lowest BCUT2D eigenvalue weighted by Crippen LogP contribution is -2.37. The van der Waals surface area contributed by atoms with E-state index in [1.165, 1.54) is 4.90 Å². The van der Waals surface area contributed by atoms with Crippen molar-refractivity contribution in [1.29, 1.82) is 0 Å². The van der Waals surface area contributed by atoms with Crippen molar-refractivity contribution in [3.8, 4) is 5.75 Å². The predicted molar refractivity (Wildman–Crippen MR) is 86.7 cm³/mol. The lowest BCUT2D eigenvalue weighted by Gasteiger charge is -2.33. The van der Waals surface area contributed by atoms with E-state index in [9.17, 15) is 22.0 Å². The molecule has 0 radical (unpaired) electrons. The summed E-state index contributed by atoms with van der Waals surface area (Å²) in [6.07, 6.45) is -2.93. The third-order valence-corrected chi connectivity index (χ3v) is 4.82. The summed E-state index contributed by atoms with van der Waals surface area (Å²) < 4.78 is 74.9. The van der Waals surface area contributed by atoms with Crippen molar-refractivity contribution in [1.82, 2.24) is 4.90 Å². The Kier molecular flexibility index (Phi) is 4.10. The minimum atomic E-state index is -4.71. The van der Waals surface area contributed by atoms with Crippen LogP contribution in [0, 0.1) is 0 Å². The second-order valence-electron chi connectivity index (χ2n) is 6.30. The molecule has 0 saturated carbocycles. The Morgan fingerprint density at radius 3 is 2.78 bits per heavy atom. The number of nitrogens with zero attached hydrogens (tertiary/aromatic N) is 2. The van der Waals surface area contributed by atoms with E-state index in [0.717, 1.165) is 6.20 Å². The van der Waals surface area contributed by atoms with Crippen molar-refractivity contribution in [2.45, 2.75) is 24.7 Å². The molecule has 0 aromatic heterocycles. The highest BCUT2D eigenvalue weighted by Gasteiger charge is 2.48. The van der Waals surface area contributed by atoms with Gasteiger partial charge in [-0.15, -0.1) is 0 Å². The van der Waals surface area contributed by atoms with Crippen LogP contribution in [0.5, 0.6) is 5.75 Å². The fraction of sp³-hybridized carbons (Fsp3) is 0.353. The summed E-state index contributed by atoms with van der Waals surface area (Å²) in [6, 6.07) is 4.90. The molecule has 3 heterocycles. The van der Waals surface area contributed by atoms with Crippen LogP contribution in [-0.2, 0) is 10.3 Å². The quantitative estimate of drug-likeness (QED) is 0.672. The molecule has 0 N–H and O–H groups in total. The maximum atomic E-state index is 13.2. The Morgan fingerprint density at radius 2 is 2.07 bits per heavy atom. The Hall–Kier alpha value is -2.29. The Balaban J connectivity index is 1.80. The standard InChI is InChI=1S/C17H12ClF5N2O2/c18-10-1-2-11-12(6-10)26-4-3-16(11)8-25-7-9(17(21,22)23)5-13(14(25)24-16)27-15(19)20/h1-2,5-7,15H,3-4,8H2/t16-/m1/s1. The van der Waals surface area contributed by atoms with Gasteiger partial charge >= 0.3 is 12.8 Å². The largest absolute Gasteiger partial charge is 0.493 e. The zero-order valence-electron chi connectivity index (χ0n) is 13.6. The van der Waals surface area contributed by atoms with Crippen molar-refractivity contribution >= 4 is 17.4 Å². The summed E-state index contributed by atoms with van der Waals surface area (Å²) in [6.45, 7) is -2.96. The molecular weight excluding hydrogens is 395 g/mol. The molecule has 0 fully saturated rings. The van der Waals surface area contributed by atoms with Crippen LogP contribution in [0.4, 0.5) is 22.0 Å². The third-order valence-electron chi connectivity index (χ3n) is 4.59. The Morgan fingerprint density at radius 1 is 1.30 bits per heavy atom. The van der Waals surface area contributed by atoms with Gasteiger partial charge in [0.05, 0.1) is 18.7 Å². The van der Waals surface area contributed by atoms with Crippen molar-refractivity contribution in [2.24, 2.45) is 4.99 Å². The molecule has 0 amide bonds. The minimum Gasteiger partial charge on any atom is -0.493 e. The lowest BCUT2D eigenvalue weighted by molar-refractivity contribution is -0.0981. The lowest BCUT2D eigenvalue weighted by atomic mass is 9.85. The number of ether oxygens (including phenoxy) is 2. The van der Waals surface area contributed by atoms with E-state index < -0.39 is 29.7 Å². The molecule has 27 heavy (non-hydrogen) atoms. The first-order valence-electron chi connectivity index (χ1n) is 7.93. The van der Waals surface area contributed by atoms with Crippen molar-refractivity contribution < 1.29 is 31.4 Å². The van der Waals surface area contributed by atoms with Crippen molar-refractivity contribution in [2.75, 3.05) is 13.2 Å². The van der Waals surface area contributed by atoms with Gasteiger partial charge in [0.2, 0.25) is 0 Å². The first-order chi connectivity index (χ1) is 12.7. The highest BCUT2D eigenvalue weighted by atomic mass is 35.5. The van der Waals surface area contributed by atoms with E-state index in [1.54, 1.807) is 18.2 Å². The van der Waals surface area contributed by atoms with Crippen LogP contribution >= 0.6 is 11.6 Å². The van der Waals surface area contributed by atoms with Gasteiger partial charge in [-0.3, -0.25) is 4.99 Å². The van der Waals surface area contributed by atoms with E-state index >= 15 is 0 Å². The number of aliphatic imine (C=N–C) groups is 1. The molecule has 4 rings (SSSR count). The average molecular weight is 407 g/mol. The topological polar surface area (TPSA) is 34.1 Å². The van der Waals surface area contributed by atoms with Crippen LogP contribution in [0.15, 0.2) is 46.8 Å². The van der Waals surface area contributed by atoms with Crippen LogP contribution in [0.1, 0.15) is 12.0 Å². The summed E-state index contributed by atoms with van der Waals surface area (Å²) >= 11 is 5.97. The molecule has 3 aliphatic heterocycles. The number of halogens is 6. The number of hydrogen-bond donors (Lipinski definition) is 0. The second kappa shape index (κ2) is 6.12. The number of benzene rings is 1. The second-order valence-corrected chi connectivity index (χ2v) is 6.74. The molecule has 3 aliphatic rings. The monoisotopic (exact) mass is 406 g/mol. The summed E-state index contributed by atoms with van der Waals surface area (Å²) in [5.74, 6) is -0.205. The van der Waals surface area contributed by atoms with Gasteiger partial charge < -0.3 is 14.4 Å². The molecule has 0 saturated heterocycles. The summed E-state index contributed by atoms with van der Waals surface area (Å²) in [7, 11) is 0. The van der Waals surface area contributed by atoms with Gasteiger partial charge in [0.25, 0.3) is 0 Å². The third kappa shape index (κ3) is 3.13. The number of fused-ring (bicyclic) bond motifs is 3. The highest BCUT2D eigenvalue weighted by Crippen LogP contribution is 2.46. The molecule has 0 bridgehead atoms. The van der Waals surface area contributed by atoms with E-state index in [4.69, 9.17) is 16.3 Å². The molecule has 1 aromatic carbocycles. The van der Waals surface area contributed by atoms with Gasteiger partial charge in [-0.05, 0) is 18.2 Å². The molecule has 0 aliphatic carbocycles. The summed E-state index contributed by atoms with van der Waals surface area (Å²) in [5, 5.41) is 0.440. The van der Waals surface area contributed by atoms with Gasteiger partial charge in [0.15, 0.2) is 11.6 Å². The molecular formula is C17H12ClF5N2O2. The maximum Gasteiger partial charge on any atom is 0.417 e. The molecule has 4 nitrogen and oxygen atoms in total. The summed E-state index contributed by atoms with van der Waals surface area (Å²) in [4.78, 5) is 5.70. The van der Waals surface area contributed by atoms with Crippen molar-refractivity contribution in [3.05, 3.63) is 52.4 Å². The number of amidine groups is 1. The zero-order valence-corrected chi connectivity index (χ0v) is 14.3. The smallest absolute Gasteiger partial charge is 0.417 e. The van der Waals surface area contributed by atoms with E-state index in [2.05, 4.69) is 9.73 Å². The predicted octanol–water partition coefficient (Wildman–Crippen LogP) is 4.61. The molecule has 1 spiro atoms. The molecule has 1 atom stereocenters. The fourth-order valence-corrected chi connectivity index (χ4v) is 3.62. The first kappa shape index (κ1) is 18.1. The molecule has 0 unspecified atom stereocenters. The zero-order chi connectivity index (χ0) is 19.4. The molecule has 144 valence electrons. The van der Waals surface area contributed by atoms with Crippen LogP contribution < -0.4 is 4.74 Å². The van der Waals surface area contributed by atoms with Crippen LogP contribution in [0.3, 0.4) is 0 Å². The van der Waals surface area contributed by atoms with Gasteiger partial charge in [-0.2, -0.15) is 22.0 Å². The number of rotatable bonds is 2. The van der Waals surface area contributed by atoms with Gasteiger partial charge in [-0.1, -0.05) is 17.7 Å². The van der Waals surface area contributed by atoms with Gasteiger partial charge in [0.1, 0.15) is 11.3 Å². The fourth-order valence-electron chi connectivity index (χ4n) is 3.46. The number of hydrogen-bond acceptors (Lipinski definition) is 4. The van der Waals surface area contributed by atoms with Gasteiger partial charge in [-0.25, -0.2) is 0 Å². The van der Waals surface area contributed by atoms with Crippen LogP contribution in [-0.4, -0.2) is 36.7 Å². The first-order valence-corrected chi connectivity index (χ1v) is 8.31. The summed E-state index contributed by atoms with van der Waals surface area (Å²) in [5.41, 5.74) is -1.38. The normalized spacial score (nSPS) is 24.1. The number of alkyl halides is 5. The average Bonchev–Trinajstić information content (AvgIpc) is 2.92. The minimum absolute atomic E-state index is 0.0455. The van der Waals surface area contributed by atoms with E-state index in [-0.39, 0.29) is 19.0 Å². The Labute approximate surface area is 155 Å². The van der Waals surface area contributed by atoms with Crippen molar-refractivity contribution in [3.63, 3.8) is 0 Å².